The predicted octanol–water partition coefficient (Wildman–Crippen LogP) is 2.47. The Labute approximate surface area is 106 Å². The molecular weight excluding hydrogens is 226 g/mol. The summed E-state index contributed by atoms with van der Waals surface area (Å²) in [6, 6.07) is 10.0. The quantitative estimate of drug-likeness (QED) is 0.808. The zero-order chi connectivity index (χ0) is 13.0. The number of nitriles is 1. The van der Waals surface area contributed by atoms with Gasteiger partial charge in [-0.2, -0.15) is 5.26 Å². The van der Waals surface area contributed by atoms with E-state index in [0.29, 0.717) is 25.8 Å². The van der Waals surface area contributed by atoms with E-state index in [0.717, 1.165) is 16.9 Å². The number of Topliss-reactive ketones (excluding diaryl/α,β-unsaturated/α-hetero) is 1. The molecule has 4 heteroatoms. The molecule has 1 aromatic carbocycles. The number of ketones is 1. The Bertz CT molecular complexity index is 607. The molecule has 1 heterocycles. The molecule has 4 nitrogen and oxygen atoms in total. The minimum absolute atomic E-state index is 0.161. The molecule has 0 saturated heterocycles. The first-order valence-electron chi connectivity index (χ1n) is 6.03. The van der Waals surface area contributed by atoms with Crippen molar-refractivity contribution in [2.75, 3.05) is 0 Å². The van der Waals surface area contributed by atoms with E-state index in [9.17, 15) is 4.79 Å². The second kappa shape index (κ2) is 5.46. The fourth-order valence-electron chi connectivity index (χ4n) is 2.02. The number of para-hydroxylation sites is 2. The lowest BCUT2D eigenvalue weighted by Gasteiger charge is -2.05. The van der Waals surface area contributed by atoms with Gasteiger partial charge in [0, 0.05) is 19.4 Å². The molecule has 0 radical (unpaired) electrons. The van der Waals surface area contributed by atoms with Gasteiger partial charge in [0.25, 0.3) is 0 Å². The highest BCUT2D eigenvalue weighted by molar-refractivity contribution is 5.77. The molecule has 0 aliphatic carbocycles. The van der Waals surface area contributed by atoms with E-state index < -0.39 is 0 Å². The highest BCUT2D eigenvalue weighted by atomic mass is 16.1. The van der Waals surface area contributed by atoms with E-state index >= 15 is 0 Å². The number of benzene rings is 1. The summed E-state index contributed by atoms with van der Waals surface area (Å²) in [4.78, 5) is 15.6. The molecule has 0 amide bonds. The van der Waals surface area contributed by atoms with Gasteiger partial charge < -0.3 is 9.36 Å². The predicted molar refractivity (Wildman–Crippen MR) is 69.0 cm³/mol. The van der Waals surface area contributed by atoms with E-state index in [1.165, 1.54) is 0 Å². The van der Waals surface area contributed by atoms with Gasteiger partial charge in [-0.15, -0.1) is 0 Å². The lowest BCUT2D eigenvalue weighted by atomic mass is 10.2. The maximum Gasteiger partial charge on any atom is 0.130 e. The summed E-state index contributed by atoms with van der Waals surface area (Å²) in [5.41, 5.74) is 1.96. The topological polar surface area (TPSA) is 58.7 Å². The van der Waals surface area contributed by atoms with Crippen LogP contribution in [-0.2, 0) is 17.8 Å². The molecule has 2 aromatic rings. The van der Waals surface area contributed by atoms with Crippen LogP contribution in [0.5, 0.6) is 0 Å². The fraction of sp³-hybridized carbons (Fsp3) is 0.357. The number of fused-ring (bicyclic) bond motifs is 1. The molecule has 0 atom stereocenters. The van der Waals surface area contributed by atoms with Gasteiger partial charge in [0.05, 0.1) is 23.5 Å². The van der Waals surface area contributed by atoms with Crippen LogP contribution in [0.1, 0.15) is 25.6 Å². The van der Waals surface area contributed by atoms with E-state index in [1.54, 1.807) is 6.92 Å². The number of carbonyl (C=O) groups excluding carboxylic acids is 1. The molecular formula is C14H15N3O. The van der Waals surface area contributed by atoms with Crippen molar-refractivity contribution in [2.24, 2.45) is 0 Å². The second-order valence-corrected chi connectivity index (χ2v) is 4.28. The number of nitrogens with zero attached hydrogens (tertiary/aromatic N) is 3. The van der Waals surface area contributed by atoms with Crippen molar-refractivity contribution >= 4 is 16.8 Å². The van der Waals surface area contributed by atoms with Crippen LogP contribution in [0.2, 0.25) is 0 Å². The van der Waals surface area contributed by atoms with Crippen molar-refractivity contribution in [2.45, 2.75) is 32.7 Å². The Balaban J connectivity index is 2.37. The van der Waals surface area contributed by atoms with E-state index in [2.05, 4.69) is 11.1 Å². The zero-order valence-corrected chi connectivity index (χ0v) is 10.4. The van der Waals surface area contributed by atoms with Crippen molar-refractivity contribution in [3.05, 3.63) is 30.1 Å². The van der Waals surface area contributed by atoms with Crippen molar-refractivity contribution in [1.29, 1.82) is 5.26 Å². The van der Waals surface area contributed by atoms with E-state index in [-0.39, 0.29) is 5.78 Å². The monoisotopic (exact) mass is 241 g/mol. The summed E-state index contributed by atoms with van der Waals surface area (Å²) >= 11 is 0. The van der Waals surface area contributed by atoms with Crippen molar-refractivity contribution < 1.29 is 4.79 Å². The minimum atomic E-state index is 0.161. The van der Waals surface area contributed by atoms with Gasteiger partial charge in [-0.3, -0.25) is 0 Å². The molecule has 0 aliphatic heterocycles. The molecule has 0 fully saturated rings. The van der Waals surface area contributed by atoms with Gasteiger partial charge in [0.15, 0.2) is 0 Å². The maximum absolute atomic E-state index is 11.1. The highest BCUT2D eigenvalue weighted by Crippen LogP contribution is 2.17. The Morgan fingerprint density at radius 2 is 2.22 bits per heavy atom. The van der Waals surface area contributed by atoms with Gasteiger partial charge in [-0.25, -0.2) is 4.98 Å². The smallest absolute Gasteiger partial charge is 0.130 e. The summed E-state index contributed by atoms with van der Waals surface area (Å²) in [6.45, 7) is 2.21. The maximum atomic E-state index is 11.1. The van der Waals surface area contributed by atoms with E-state index in [4.69, 9.17) is 5.26 Å². The Hall–Kier alpha value is -2.15. The van der Waals surface area contributed by atoms with Gasteiger partial charge in [-0.05, 0) is 19.1 Å². The van der Waals surface area contributed by atoms with Crippen LogP contribution in [0.4, 0.5) is 0 Å². The third kappa shape index (κ3) is 2.57. The zero-order valence-electron chi connectivity index (χ0n) is 10.4. The third-order valence-corrected chi connectivity index (χ3v) is 2.88. The number of hydrogen-bond donors (Lipinski definition) is 0. The molecule has 0 spiro atoms. The molecule has 0 saturated carbocycles. The number of aryl methyl sites for hydroxylation is 2. The standard InChI is InChI=1S/C14H15N3O/c1-11(18)7-8-14-16-12-5-2-3-6-13(12)17(14)10-4-9-15/h2-3,5-6H,4,7-8,10H2,1H3. The lowest BCUT2D eigenvalue weighted by Crippen LogP contribution is -2.05. The van der Waals surface area contributed by atoms with Crippen molar-refractivity contribution in [3.63, 3.8) is 0 Å². The summed E-state index contributed by atoms with van der Waals surface area (Å²) in [5.74, 6) is 1.05. The molecule has 2 rings (SSSR count). The molecule has 0 unspecified atom stereocenters. The van der Waals surface area contributed by atoms with Gasteiger partial charge in [-0.1, -0.05) is 12.1 Å². The van der Waals surface area contributed by atoms with Crippen LogP contribution in [0, 0.1) is 11.3 Å². The number of rotatable bonds is 5. The van der Waals surface area contributed by atoms with Gasteiger partial charge in [0.1, 0.15) is 11.6 Å². The molecule has 0 bridgehead atoms. The van der Waals surface area contributed by atoms with Crippen LogP contribution in [0.3, 0.4) is 0 Å². The highest BCUT2D eigenvalue weighted by Gasteiger charge is 2.10. The van der Waals surface area contributed by atoms with Crippen LogP contribution in [-0.4, -0.2) is 15.3 Å². The first kappa shape index (κ1) is 12.3. The van der Waals surface area contributed by atoms with Crippen LogP contribution < -0.4 is 0 Å². The molecule has 1 aromatic heterocycles. The number of hydrogen-bond acceptors (Lipinski definition) is 3. The Morgan fingerprint density at radius 3 is 2.94 bits per heavy atom. The van der Waals surface area contributed by atoms with Crippen molar-refractivity contribution in [3.8, 4) is 6.07 Å². The van der Waals surface area contributed by atoms with Crippen LogP contribution >= 0.6 is 0 Å². The Morgan fingerprint density at radius 1 is 1.44 bits per heavy atom. The molecule has 0 aliphatic rings. The number of imidazole rings is 1. The normalized spacial score (nSPS) is 10.4. The fourth-order valence-corrected chi connectivity index (χ4v) is 2.02. The summed E-state index contributed by atoms with van der Waals surface area (Å²) in [6.07, 6.45) is 1.58. The largest absolute Gasteiger partial charge is 0.327 e. The minimum Gasteiger partial charge on any atom is -0.327 e. The average Bonchev–Trinajstić information content (AvgIpc) is 2.71. The molecule has 0 N–H and O–H groups in total. The van der Waals surface area contributed by atoms with Gasteiger partial charge in [0.2, 0.25) is 0 Å². The second-order valence-electron chi connectivity index (χ2n) is 4.28. The van der Waals surface area contributed by atoms with E-state index in [1.807, 2.05) is 28.8 Å². The van der Waals surface area contributed by atoms with Crippen molar-refractivity contribution in [1.82, 2.24) is 9.55 Å². The first-order valence-corrected chi connectivity index (χ1v) is 6.03. The number of aromatic nitrogens is 2. The summed E-state index contributed by atoms with van der Waals surface area (Å²) in [5, 5.41) is 8.71. The summed E-state index contributed by atoms with van der Waals surface area (Å²) in [7, 11) is 0. The Kier molecular flexibility index (Phi) is 3.73. The van der Waals surface area contributed by atoms with Crippen LogP contribution in [0.15, 0.2) is 24.3 Å². The van der Waals surface area contributed by atoms with Gasteiger partial charge >= 0.3 is 0 Å². The first-order chi connectivity index (χ1) is 8.72. The average molecular weight is 241 g/mol. The third-order valence-electron chi connectivity index (χ3n) is 2.88. The molecule has 92 valence electrons. The summed E-state index contributed by atoms with van der Waals surface area (Å²) < 4.78 is 2.04. The SMILES string of the molecule is CC(=O)CCc1nc2ccccc2n1CCC#N. The van der Waals surface area contributed by atoms with Crippen LogP contribution in [0.25, 0.3) is 11.0 Å². The molecule has 18 heavy (non-hydrogen) atoms. The number of carbonyl (C=O) groups is 1. The lowest BCUT2D eigenvalue weighted by molar-refractivity contribution is -0.117.